The predicted octanol–water partition coefficient (Wildman–Crippen LogP) is 19.4. The zero-order valence-electron chi connectivity index (χ0n) is 49.4. The molecule has 0 radical (unpaired) electrons. The van der Waals surface area contributed by atoms with Crippen LogP contribution in [0.4, 0.5) is 0 Å². The number of likely N-dealkylation sites (N-methyl/N-ethyl adjacent to an activating group) is 1. The van der Waals surface area contributed by atoms with E-state index >= 15 is 0 Å². The minimum Gasteiger partial charge on any atom is -0.756 e. The summed E-state index contributed by atoms with van der Waals surface area (Å²) in [6.45, 7) is 4.30. The highest BCUT2D eigenvalue weighted by Gasteiger charge is 2.22. The zero-order valence-corrected chi connectivity index (χ0v) is 50.3. The van der Waals surface area contributed by atoms with Gasteiger partial charge in [0.05, 0.1) is 27.7 Å². The molecule has 0 saturated heterocycles. The van der Waals surface area contributed by atoms with Gasteiger partial charge in [0.1, 0.15) is 19.8 Å². The summed E-state index contributed by atoms with van der Waals surface area (Å²) in [6, 6.07) is 0. The van der Waals surface area contributed by atoms with E-state index in [1.807, 2.05) is 21.1 Å². The van der Waals surface area contributed by atoms with Gasteiger partial charge in [-0.15, -0.1) is 0 Å². The van der Waals surface area contributed by atoms with Crippen LogP contribution in [0.1, 0.15) is 328 Å². The summed E-state index contributed by atoms with van der Waals surface area (Å²) in [6.07, 6.45) is 65.7. The molecule has 0 aromatic heterocycles. The fourth-order valence-electron chi connectivity index (χ4n) is 9.60. The average Bonchev–Trinajstić information content (AvgIpc) is 3.35. The normalized spacial score (nSPS) is 13.2. The molecule has 434 valence electrons. The van der Waals surface area contributed by atoms with Crippen molar-refractivity contribution in [3.63, 3.8) is 0 Å². The highest BCUT2D eigenvalue weighted by molar-refractivity contribution is 7.45. The van der Waals surface area contributed by atoms with Crippen LogP contribution in [-0.2, 0) is 32.7 Å². The van der Waals surface area contributed by atoms with Gasteiger partial charge in [0.2, 0.25) is 0 Å². The Bertz CT molecular complexity index is 1240. The predicted molar refractivity (Wildman–Crippen MR) is 310 cm³/mol. The Balaban J connectivity index is 4.00. The Hall–Kier alpha value is -1.25. The molecular weight excluding hydrogens is 930 g/mol. The molecule has 9 nitrogen and oxygen atoms in total. The molecule has 0 heterocycles. The molecule has 0 aliphatic rings. The van der Waals surface area contributed by atoms with Crippen molar-refractivity contribution >= 4 is 19.8 Å². The molecule has 0 amide bonds. The third-order valence-corrected chi connectivity index (χ3v) is 15.5. The summed E-state index contributed by atoms with van der Waals surface area (Å²) in [4.78, 5) is 37.9. The van der Waals surface area contributed by atoms with Crippen LogP contribution in [-0.4, -0.2) is 70.0 Å². The minimum atomic E-state index is -4.63. The number of carbonyl (C=O) groups is 2. The highest BCUT2D eigenvalue weighted by atomic mass is 31.2. The number of esters is 2. The van der Waals surface area contributed by atoms with Crippen molar-refractivity contribution in [2.24, 2.45) is 0 Å². The van der Waals surface area contributed by atoms with E-state index in [1.54, 1.807) is 0 Å². The fourth-order valence-corrected chi connectivity index (χ4v) is 10.3. The molecular formula is C63H124NO8P. The molecule has 0 aromatic carbocycles. The van der Waals surface area contributed by atoms with Crippen LogP contribution in [0.25, 0.3) is 0 Å². The van der Waals surface area contributed by atoms with Crippen LogP contribution >= 0.6 is 7.82 Å². The maximum Gasteiger partial charge on any atom is 0.306 e. The van der Waals surface area contributed by atoms with Crippen molar-refractivity contribution in [3.8, 4) is 0 Å². The Morgan fingerprint density at radius 1 is 0.411 bits per heavy atom. The number of ether oxygens (including phenoxy) is 2. The van der Waals surface area contributed by atoms with Crippen molar-refractivity contribution < 1.29 is 42.1 Å². The van der Waals surface area contributed by atoms with Crippen LogP contribution < -0.4 is 4.89 Å². The molecule has 73 heavy (non-hydrogen) atoms. The van der Waals surface area contributed by atoms with Crippen LogP contribution in [0.15, 0.2) is 12.2 Å². The fraction of sp³-hybridized carbons (Fsp3) is 0.937. The molecule has 0 aliphatic carbocycles. The number of allylic oxidation sites excluding steroid dienone is 2. The van der Waals surface area contributed by atoms with Crippen molar-refractivity contribution in [1.29, 1.82) is 0 Å². The van der Waals surface area contributed by atoms with Gasteiger partial charge in [0.15, 0.2) is 6.10 Å². The second kappa shape index (κ2) is 55.5. The van der Waals surface area contributed by atoms with E-state index in [-0.39, 0.29) is 32.0 Å². The maximum absolute atomic E-state index is 12.8. The van der Waals surface area contributed by atoms with E-state index in [9.17, 15) is 19.0 Å². The SMILES string of the molecule is CCCCCCCC/C=C\CCCCCCCCCCCC(=O)OC(COC(=O)CCCCCCCCCCCCCCCCCCCCCCCCCCCCCCCC)COP(=O)([O-])OCC[N+](C)(C)C. The molecule has 0 bridgehead atoms. The molecule has 0 spiro atoms. The summed E-state index contributed by atoms with van der Waals surface area (Å²) >= 11 is 0. The van der Waals surface area contributed by atoms with Crippen LogP contribution in [0.3, 0.4) is 0 Å². The number of hydrogen-bond acceptors (Lipinski definition) is 8. The first-order valence-corrected chi connectivity index (χ1v) is 33.4. The lowest BCUT2D eigenvalue weighted by atomic mass is 10.0. The van der Waals surface area contributed by atoms with E-state index in [0.29, 0.717) is 17.4 Å². The van der Waals surface area contributed by atoms with Crippen molar-refractivity contribution in [2.45, 2.75) is 335 Å². The quantitative estimate of drug-likeness (QED) is 0.0195. The van der Waals surface area contributed by atoms with E-state index in [4.69, 9.17) is 18.5 Å². The third kappa shape index (κ3) is 59.8. The number of quaternary nitrogens is 1. The number of hydrogen-bond donors (Lipinski definition) is 0. The van der Waals surface area contributed by atoms with E-state index in [2.05, 4.69) is 26.0 Å². The molecule has 10 heteroatoms. The molecule has 2 atom stereocenters. The summed E-state index contributed by atoms with van der Waals surface area (Å²) in [7, 11) is 1.18. The van der Waals surface area contributed by atoms with E-state index in [0.717, 1.165) is 38.5 Å². The van der Waals surface area contributed by atoms with Crippen LogP contribution in [0.5, 0.6) is 0 Å². The second-order valence-electron chi connectivity index (χ2n) is 23.1. The Morgan fingerprint density at radius 2 is 0.699 bits per heavy atom. The third-order valence-electron chi connectivity index (χ3n) is 14.5. The first-order valence-electron chi connectivity index (χ1n) is 31.9. The molecule has 0 N–H and O–H groups in total. The van der Waals surface area contributed by atoms with E-state index in [1.165, 1.54) is 257 Å². The minimum absolute atomic E-state index is 0.0274. The standard InChI is InChI=1S/C63H124NO8P/c1-6-8-10-12-14-16-18-20-22-24-26-27-28-29-30-31-32-33-34-35-36-38-39-41-43-45-47-49-51-53-55-62(65)69-59-61(60-71-73(67,68)70-58-57-64(3,4)5)72-63(66)56-54-52-50-48-46-44-42-40-37-25-23-21-19-17-15-13-11-9-7-2/h21,23,61H,6-20,22,24-60H2,1-5H3/b23-21-. The van der Waals surface area contributed by atoms with Gasteiger partial charge in [-0.2, -0.15) is 0 Å². The lowest BCUT2D eigenvalue weighted by molar-refractivity contribution is -0.870. The average molecular weight is 1050 g/mol. The van der Waals surface area contributed by atoms with Crippen molar-refractivity contribution in [3.05, 3.63) is 12.2 Å². The lowest BCUT2D eigenvalue weighted by Gasteiger charge is -2.28. The first kappa shape index (κ1) is 71.8. The topological polar surface area (TPSA) is 111 Å². The maximum atomic E-state index is 12.8. The van der Waals surface area contributed by atoms with Gasteiger partial charge in [-0.1, -0.05) is 289 Å². The van der Waals surface area contributed by atoms with Gasteiger partial charge in [-0.05, 0) is 38.5 Å². The molecule has 0 rings (SSSR count). The van der Waals surface area contributed by atoms with Gasteiger partial charge < -0.3 is 27.9 Å². The Kier molecular flexibility index (Phi) is 54.6. The molecule has 2 unspecified atom stereocenters. The van der Waals surface area contributed by atoms with Gasteiger partial charge >= 0.3 is 11.9 Å². The first-order chi connectivity index (χ1) is 35.5. The molecule has 0 aliphatic heterocycles. The number of rotatable bonds is 60. The Labute approximate surface area is 454 Å². The molecule has 0 saturated carbocycles. The van der Waals surface area contributed by atoms with Crippen LogP contribution in [0, 0.1) is 0 Å². The van der Waals surface area contributed by atoms with Gasteiger partial charge in [0, 0.05) is 12.8 Å². The number of carbonyl (C=O) groups excluding carboxylic acids is 2. The molecule has 0 aromatic rings. The number of phosphoric acid groups is 1. The van der Waals surface area contributed by atoms with Gasteiger partial charge in [-0.25, -0.2) is 0 Å². The smallest absolute Gasteiger partial charge is 0.306 e. The lowest BCUT2D eigenvalue weighted by Crippen LogP contribution is -2.37. The number of unbranched alkanes of at least 4 members (excludes halogenated alkanes) is 44. The summed E-state index contributed by atoms with van der Waals surface area (Å²) in [5.74, 6) is -0.815. The highest BCUT2D eigenvalue weighted by Crippen LogP contribution is 2.38. The second-order valence-corrected chi connectivity index (χ2v) is 24.5. The monoisotopic (exact) mass is 1050 g/mol. The van der Waals surface area contributed by atoms with Crippen molar-refractivity contribution in [2.75, 3.05) is 47.5 Å². The number of nitrogens with zero attached hydrogens (tertiary/aromatic N) is 1. The summed E-state index contributed by atoms with van der Waals surface area (Å²) in [5, 5.41) is 0. The van der Waals surface area contributed by atoms with Crippen LogP contribution in [0.2, 0.25) is 0 Å². The number of phosphoric ester groups is 1. The Morgan fingerprint density at radius 3 is 1.01 bits per heavy atom. The van der Waals surface area contributed by atoms with Crippen molar-refractivity contribution in [1.82, 2.24) is 0 Å². The van der Waals surface area contributed by atoms with E-state index < -0.39 is 26.5 Å². The zero-order chi connectivity index (χ0) is 53.5. The molecule has 0 fully saturated rings. The largest absolute Gasteiger partial charge is 0.756 e. The van der Waals surface area contributed by atoms with Gasteiger partial charge in [-0.3, -0.25) is 14.2 Å². The van der Waals surface area contributed by atoms with Gasteiger partial charge in [0.25, 0.3) is 7.82 Å². The summed E-state index contributed by atoms with van der Waals surface area (Å²) < 4.78 is 34.2. The summed E-state index contributed by atoms with van der Waals surface area (Å²) in [5.41, 5.74) is 0.